The highest BCUT2D eigenvalue weighted by molar-refractivity contribution is 7.47. The molecule has 17 nitrogen and oxygen atoms in total. The van der Waals surface area contributed by atoms with E-state index in [0.717, 1.165) is 127 Å². The molecule has 0 aromatic heterocycles. The highest BCUT2D eigenvalue weighted by atomic mass is 31.2. The Bertz CT molecular complexity index is 2020. The van der Waals surface area contributed by atoms with E-state index >= 15 is 0 Å². The van der Waals surface area contributed by atoms with Crippen LogP contribution in [0, 0.1) is 17.8 Å². The Labute approximate surface area is 605 Å². The quantitative estimate of drug-likeness (QED) is 0.0169. The Kier molecular flexibility index (Phi) is 68.1. The summed E-state index contributed by atoms with van der Waals surface area (Å²) in [5, 5.41) is 10.6. The van der Waals surface area contributed by atoms with Crippen LogP contribution in [0.25, 0.3) is 0 Å². The predicted molar refractivity (Wildman–Crippen MR) is 404 cm³/mol. The molecule has 0 rings (SSSR count). The summed E-state index contributed by atoms with van der Waals surface area (Å²) in [6.07, 6.45) is 60.3. The number of aliphatic hydroxyl groups excluding tert-OH is 1. The largest absolute Gasteiger partial charge is 0.472 e. The Morgan fingerprint density at radius 2 is 0.596 bits per heavy atom. The first kappa shape index (κ1) is 96.5. The van der Waals surface area contributed by atoms with Gasteiger partial charge in [-0.1, -0.05) is 336 Å². The Hall–Kier alpha value is -2.46. The van der Waals surface area contributed by atoms with Gasteiger partial charge in [0.15, 0.2) is 12.2 Å². The molecule has 0 bridgehead atoms. The molecule has 584 valence electrons. The highest BCUT2D eigenvalue weighted by Crippen LogP contribution is 2.45. The first-order valence-corrected chi connectivity index (χ1v) is 43.7. The Morgan fingerprint density at radius 3 is 0.899 bits per heavy atom. The van der Waals surface area contributed by atoms with E-state index in [1.807, 2.05) is 0 Å². The van der Waals surface area contributed by atoms with E-state index in [2.05, 4.69) is 72.8 Å². The third-order valence-electron chi connectivity index (χ3n) is 18.4. The van der Waals surface area contributed by atoms with Gasteiger partial charge in [0.2, 0.25) is 0 Å². The summed E-state index contributed by atoms with van der Waals surface area (Å²) >= 11 is 0. The Balaban J connectivity index is 5.30. The summed E-state index contributed by atoms with van der Waals surface area (Å²) < 4.78 is 68.7. The number of esters is 4. The molecule has 0 aliphatic heterocycles. The molecule has 0 amide bonds. The number of aliphatic hydroxyl groups is 1. The summed E-state index contributed by atoms with van der Waals surface area (Å²) in [6, 6.07) is 0. The van der Waals surface area contributed by atoms with Crippen molar-refractivity contribution in [1.82, 2.24) is 0 Å². The lowest BCUT2D eigenvalue weighted by atomic mass is 9.99. The molecule has 0 radical (unpaired) electrons. The molecule has 0 aliphatic carbocycles. The Morgan fingerprint density at radius 1 is 0.333 bits per heavy atom. The molecule has 0 fully saturated rings. The summed E-state index contributed by atoms with van der Waals surface area (Å²) in [5.74, 6) is 0.198. The van der Waals surface area contributed by atoms with Gasteiger partial charge in [-0.2, -0.15) is 0 Å². The zero-order chi connectivity index (χ0) is 73.0. The van der Waals surface area contributed by atoms with Gasteiger partial charge in [-0.3, -0.25) is 37.3 Å². The number of unbranched alkanes of at least 4 members (excludes halogenated alkanes) is 40. The molecule has 6 atom stereocenters. The lowest BCUT2D eigenvalue weighted by Gasteiger charge is -2.21. The fourth-order valence-electron chi connectivity index (χ4n) is 11.7. The van der Waals surface area contributed by atoms with E-state index in [1.54, 1.807) is 0 Å². The SMILES string of the molecule is CCCCCC/C=C\C=C/CCCCCCCC(=O)OC[C@H](COP(=O)(O)OC[C@@H](O)COP(=O)(O)OC[C@@H](COC(=O)CCCCCCCCCCC(C)CC)OC(=O)CCCCCCCCCCCCCC(C)C)OC(=O)CCCCCCCCCCCCCCCCCC(C)C. The number of ether oxygens (including phenoxy) is 4. The van der Waals surface area contributed by atoms with Crippen LogP contribution in [0.4, 0.5) is 0 Å². The lowest BCUT2D eigenvalue weighted by molar-refractivity contribution is -0.161. The fraction of sp³-hybridized carbons (Fsp3) is 0.900. The van der Waals surface area contributed by atoms with Gasteiger partial charge in [0.1, 0.15) is 19.3 Å². The van der Waals surface area contributed by atoms with Gasteiger partial charge >= 0.3 is 39.5 Å². The third-order valence-corrected chi connectivity index (χ3v) is 20.3. The minimum atomic E-state index is -4.97. The summed E-state index contributed by atoms with van der Waals surface area (Å²) in [4.78, 5) is 73.0. The zero-order valence-electron chi connectivity index (χ0n) is 64.4. The van der Waals surface area contributed by atoms with Crippen LogP contribution in [-0.4, -0.2) is 96.7 Å². The van der Waals surface area contributed by atoms with E-state index in [0.29, 0.717) is 25.7 Å². The van der Waals surface area contributed by atoms with Crippen molar-refractivity contribution < 1.29 is 80.2 Å². The van der Waals surface area contributed by atoms with E-state index in [9.17, 15) is 43.2 Å². The number of allylic oxidation sites excluding steroid dienone is 4. The molecule has 0 aromatic rings. The van der Waals surface area contributed by atoms with Crippen LogP contribution in [0.15, 0.2) is 24.3 Å². The van der Waals surface area contributed by atoms with Crippen molar-refractivity contribution in [3.05, 3.63) is 24.3 Å². The van der Waals surface area contributed by atoms with Gasteiger partial charge in [-0.15, -0.1) is 0 Å². The minimum Gasteiger partial charge on any atom is -0.462 e. The number of hydrogen-bond donors (Lipinski definition) is 3. The normalized spacial score (nSPS) is 14.4. The second-order valence-corrected chi connectivity index (χ2v) is 32.2. The zero-order valence-corrected chi connectivity index (χ0v) is 66.2. The smallest absolute Gasteiger partial charge is 0.462 e. The van der Waals surface area contributed by atoms with Gasteiger partial charge in [-0.05, 0) is 69.1 Å². The van der Waals surface area contributed by atoms with Crippen LogP contribution in [-0.2, 0) is 65.4 Å². The van der Waals surface area contributed by atoms with Crippen LogP contribution in [0.2, 0.25) is 0 Å². The molecular formula is C80H152O17P2. The van der Waals surface area contributed by atoms with Gasteiger partial charge in [0, 0.05) is 25.7 Å². The first-order chi connectivity index (χ1) is 47.8. The second kappa shape index (κ2) is 69.9. The number of rotatable bonds is 76. The standard InChI is InChI=1S/C80H152O17P2/c1-8-10-11-12-13-14-15-16-18-22-27-32-40-47-54-61-77(82)90-67-75(96-79(84)63-56-49-42-33-28-23-20-17-19-21-25-30-37-44-51-58-71(3)4)69-94-98(86,87)92-65-74(81)66-93-99(88,89)95-70-76(68-91-78(83)62-55-48-41-36-35-39-46-53-60-73(7)9-2)97-80(85)64-57-50-43-34-29-24-26-31-38-45-52-59-72(5)6/h14-16,18,71-76,81H,8-13,17,19-70H2,1-7H3,(H,86,87)(H,88,89)/b15-14-,18-16-/t73?,74-,75-,76-/m1/s1. The maximum absolute atomic E-state index is 13.1. The average molecular weight is 1450 g/mol. The van der Waals surface area contributed by atoms with Crippen LogP contribution >= 0.6 is 15.6 Å². The second-order valence-electron chi connectivity index (χ2n) is 29.3. The van der Waals surface area contributed by atoms with Gasteiger partial charge in [0.25, 0.3) is 0 Å². The molecule has 0 aliphatic rings. The minimum absolute atomic E-state index is 0.101. The van der Waals surface area contributed by atoms with Crippen molar-refractivity contribution in [2.45, 2.75) is 407 Å². The van der Waals surface area contributed by atoms with Crippen molar-refractivity contribution in [3.63, 3.8) is 0 Å². The topological polar surface area (TPSA) is 237 Å². The highest BCUT2D eigenvalue weighted by Gasteiger charge is 2.30. The van der Waals surface area contributed by atoms with E-state index in [4.69, 9.17) is 37.0 Å². The molecular weight excluding hydrogens is 1290 g/mol. The maximum Gasteiger partial charge on any atom is 0.472 e. The van der Waals surface area contributed by atoms with E-state index in [-0.39, 0.29) is 25.7 Å². The van der Waals surface area contributed by atoms with Crippen molar-refractivity contribution in [2.75, 3.05) is 39.6 Å². The molecule has 0 spiro atoms. The lowest BCUT2D eigenvalue weighted by Crippen LogP contribution is -2.30. The third kappa shape index (κ3) is 72.3. The average Bonchev–Trinajstić information content (AvgIpc) is 0.999. The molecule has 3 unspecified atom stereocenters. The monoisotopic (exact) mass is 1450 g/mol. The molecule has 0 aromatic carbocycles. The first-order valence-electron chi connectivity index (χ1n) is 40.7. The van der Waals surface area contributed by atoms with Crippen molar-refractivity contribution in [1.29, 1.82) is 0 Å². The van der Waals surface area contributed by atoms with Crippen LogP contribution < -0.4 is 0 Å². The fourth-order valence-corrected chi connectivity index (χ4v) is 13.3. The van der Waals surface area contributed by atoms with E-state index in [1.165, 1.54) is 180 Å². The molecule has 19 heteroatoms. The van der Waals surface area contributed by atoms with Crippen molar-refractivity contribution in [3.8, 4) is 0 Å². The summed E-state index contributed by atoms with van der Waals surface area (Å²) in [5.41, 5.74) is 0. The maximum atomic E-state index is 13.1. The molecule has 0 heterocycles. The number of hydrogen-bond acceptors (Lipinski definition) is 15. The number of phosphoric acid groups is 2. The number of phosphoric ester groups is 2. The number of carbonyl (C=O) groups is 4. The number of carbonyl (C=O) groups excluding carboxylic acids is 4. The van der Waals surface area contributed by atoms with Crippen LogP contribution in [0.1, 0.15) is 389 Å². The summed E-state index contributed by atoms with van der Waals surface area (Å²) in [6.45, 7) is 11.9. The van der Waals surface area contributed by atoms with Crippen molar-refractivity contribution >= 4 is 39.5 Å². The predicted octanol–water partition coefficient (Wildman–Crippen LogP) is 23.3. The van der Waals surface area contributed by atoms with Crippen molar-refractivity contribution in [2.24, 2.45) is 17.8 Å². The summed E-state index contributed by atoms with van der Waals surface area (Å²) in [7, 11) is -9.93. The molecule has 0 saturated carbocycles. The van der Waals surface area contributed by atoms with Gasteiger partial charge < -0.3 is 33.8 Å². The molecule has 99 heavy (non-hydrogen) atoms. The van der Waals surface area contributed by atoms with Gasteiger partial charge in [0.05, 0.1) is 26.4 Å². The van der Waals surface area contributed by atoms with Crippen LogP contribution in [0.3, 0.4) is 0 Å². The molecule has 0 saturated heterocycles. The van der Waals surface area contributed by atoms with Crippen LogP contribution in [0.5, 0.6) is 0 Å². The van der Waals surface area contributed by atoms with E-state index < -0.39 is 97.5 Å². The molecule has 3 N–H and O–H groups in total. The van der Waals surface area contributed by atoms with Gasteiger partial charge in [-0.25, -0.2) is 9.13 Å².